The fraction of sp³-hybridized carbons (Fsp3) is 0.190. The second-order valence-electron chi connectivity index (χ2n) is 6.58. The first-order valence-corrected chi connectivity index (χ1v) is 9.46. The summed E-state index contributed by atoms with van der Waals surface area (Å²) in [6.07, 6.45) is 0. The highest BCUT2D eigenvalue weighted by Gasteiger charge is 2.52. The van der Waals surface area contributed by atoms with Gasteiger partial charge in [0.15, 0.2) is 11.0 Å². The quantitative estimate of drug-likeness (QED) is 0.732. The normalized spacial score (nSPS) is 19.8. The molecule has 136 valence electrons. The summed E-state index contributed by atoms with van der Waals surface area (Å²) in [6, 6.07) is 14.8. The van der Waals surface area contributed by atoms with Gasteiger partial charge in [0.05, 0.1) is 0 Å². The van der Waals surface area contributed by atoms with Crippen molar-refractivity contribution in [2.45, 2.75) is 20.4 Å². The summed E-state index contributed by atoms with van der Waals surface area (Å²) in [4.78, 5) is 28.6. The molecule has 4 nitrogen and oxygen atoms in total. The third kappa shape index (κ3) is 2.90. The van der Waals surface area contributed by atoms with Crippen LogP contribution in [0.4, 0.5) is 14.9 Å². The number of amides is 3. The first-order chi connectivity index (χ1) is 13.0. The third-order valence-corrected chi connectivity index (χ3v) is 6.24. The van der Waals surface area contributed by atoms with Crippen molar-refractivity contribution in [1.29, 1.82) is 0 Å². The van der Waals surface area contributed by atoms with Crippen LogP contribution in [0.3, 0.4) is 0 Å². The van der Waals surface area contributed by atoms with Gasteiger partial charge in [0.25, 0.3) is 0 Å². The second kappa shape index (κ2) is 6.78. The number of rotatable bonds is 3. The number of halogens is 1. The molecule has 0 aromatic heterocycles. The number of benzene rings is 2. The molecule has 0 aliphatic carbocycles. The van der Waals surface area contributed by atoms with E-state index in [-0.39, 0.29) is 18.3 Å². The second-order valence-corrected chi connectivity index (χ2v) is 7.82. The molecule has 2 aromatic carbocycles. The number of hydrogen-bond acceptors (Lipinski definition) is 3. The predicted molar refractivity (Wildman–Crippen MR) is 104 cm³/mol. The highest BCUT2D eigenvalue weighted by molar-refractivity contribution is 8.17. The van der Waals surface area contributed by atoms with E-state index in [1.807, 2.05) is 19.9 Å². The molecule has 1 atom stereocenters. The van der Waals surface area contributed by atoms with Crippen molar-refractivity contribution in [2.75, 3.05) is 4.90 Å². The lowest BCUT2D eigenvalue weighted by molar-refractivity contribution is -0.443. The molecular formula is C21H18FN2O2S+. The molecule has 0 saturated carbocycles. The molecule has 2 aliphatic rings. The van der Waals surface area contributed by atoms with Crippen molar-refractivity contribution in [1.82, 2.24) is 0 Å². The first kappa shape index (κ1) is 17.7. The fourth-order valence-electron chi connectivity index (χ4n) is 3.38. The number of thioether (sulfide) groups is 1. The van der Waals surface area contributed by atoms with Gasteiger partial charge in [-0.1, -0.05) is 48.2 Å². The van der Waals surface area contributed by atoms with Gasteiger partial charge < -0.3 is 0 Å². The van der Waals surface area contributed by atoms with Crippen molar-refractivity contribution in [3.05, 3.63) is 76.5 Å². The Morgan fingerprint density at radius 1 is 1.04 bits per heavy atom. The first-order valence-electron chi connectivity index (χ1n) is 8.65. The summed E-state index contributed by atoms with van der Waals surface area (Å²) in [6.45, 7) is 3.94. The molecule has 2 aromatic rings. The number of carbonyl (C=O) groups excluding carboxylic acids is 2. The molecule has 0 radical (unpaired) electrons. The smallest absolute Gasteiger partial charge is 0.245 e. The van der Waals surface area contributed by atoms with Crippen LogP contribution in [-0.2, 0) is 11.3 Å². The van der Waals surface area contributed by atoms with Gasteiger partial charge in [0, 0.05) is 5.56 Å². The van der Waals surface area contributed by atoms with Crippen molar-refractivity contribution < 1.29 is 18.6 Å². The number of para-hydroxylation sites is 1. The number of anilines is 1. The summed E-state index contributed by atoms with van der Waals surface area (Å²) < 4.78 is 15.8. The number of carbonyl (C=O) groups is 2. The van der Waals surface area contributed by atoms with Gasteiger partial charge in [-0.05, 0) is 42.5 Å². The molecular weight excluding hydrogens is 363 g/mol. The SMILES string of the molecule is CC1=C(C)C2C(=O)N(c3ccccc3)C(=O)[N+](Cc3ccccc3F)=C2S1. The van der Waals surface area contributed by atoms with Gasteiger partial charge in [-0.3, -0.25) is 0 Å². The molecule has 0 saturated heterocycles. The Bertz CT molecular complexity index is 1010. The summed E-state index contributed by atoms with van der Waals surface area (Å²) in [7, 11) is 0. The minimum absolute atomic E-state index is 0.0848. The van der Waals surface area contributed by atoms with Gasteiger partial charge in [0.1, 0.15) is 18.0 Å². The molecule has 0 N–H and O–H groups in total. The molecule has 3 amide bonds. The van der Waals surface area contributed by atoms with Gasteiger partial charge in [0.2, 0.25) is 0 Å². The zero-order valence-electron chi connectivity index (χ0n) is 15.0. The average Bonchev–Trinajstić information content (AvgIpc) is 2.96. The molecule has 6 heteroatoms. The van der Waals surface area contributed by atoms with Crippen LogP contribution in [0.2, 0.25) is 0 Å². The summed E-state index contributed by atoms with van der Waals surface area (Å²) in [5.74, 6) is -1.12. The van der Waals surface area contributed by atoms with Crippen LogP contribution in [-0.4, -0.2) is 21.6 Å². The summed E-state index contributed by atoms with van der Waals surface area (Å²) >= 11 is 1.43. The van der Waals surface area contributed by atoms with E-state index in [0.29, 0.717) is 16.3 Å². The number of nitrogens with zero attached hydrogens (tertiary/aromatic N) is 2. The predicted octanol–water partition coefficient (Wildman–Crippen LogP) is 4.56. The minimum Gasteiger partial charge on any atom is -0.245 e. The average molecular weight is 381 g/mol. The maximum Gasteiger partial charge on any atom is 0.506 e. The summed E-state index contributed by atoms with van der Waals surface area (Å²) in [5.41, 5.74) is 1.88. The number of urea groups is 1. The van der Waals surface area contributed by atoms with E-state index in [0.717, 1.165) is 10.5 Å². The third-order valence-electron chi connectivity index (χ3n) is 4.95. The van der Waals surface area contributed by atoms with E-state index in [4.69, 9.17) is 0 Å². The van der Waals surface area contributed by atoms with Gasteiger partial charge in [-0.15, -0.1) is 4.90 Å². The Morgan fingerprint density at radius 2 is 1.70 bits per heavy atom. The Hall–Kier alpha value is -2.73. The zero-order chi connectivity index (χ0) is 19.1. The largest absolute Gasteiger partial charge is 0.506 e. The van der Waals surface area contributed by atoms with Crippen LogP contribution in [0.25, 0.3) is 0 Å². The Balaban J connectivity index is 1.85. The lowest BCUT2D eigenvalue weighted by Crippen LogP contribution is -2.53. The van der Waals surface area contributed by atoms with Crippen LogP contribution < -0.4 is 4.90 Å². The van der Waals surface area contributed by atoms with Crippen LogP contribution in [0, 0.1) is 11.7 Å². The van der Waals surface area contributed by atoms with Gasteiger partial charge in [-0.2, -0.15) is 9.37 Å². The molecule has 2 heterocycles. The van der Waals surface area contributed by atoms with Crippen molar-refractivity contribution in [3.8, 4) is 0 Å². The number of fused-ring (bicyclic) bond motifs is 1. The van der Waals surface area contributed by atoms with E-state index < -0.39 is 11.9 Å². The van der Waals surface area contributed by atoms with Crippen LogP contribution >= 0.6 is 11.8 Å². The van der Waals surface area contributed by atoms with Gasteiger partial charge >= 0.3 is 11.9 Å². The molecule has 0 bridgehead atoms. The molecule has 4 rings (SSSR count). The lowest BCUT2D eigenvalue weighted by atomic mass is 9.97. The molecule has 1 unspecified atom stereocenters. The highest BCUT2D eigenvalue weighted by Crippen LogP contribution is 2.41. The van der Waals surface area contributed by atoms with Crippen LogP contribution in [0.5, 0.6) is 0 Å². The molecule has 0 spiro atoms. The minimum atomic E-state index is -0.500. The van der Waals surface area contributed by atoms with E-state index in [2.05, 4.69) is 0 Å². The molecule has 27 heavy (non-hydrogen) atoms. The van der Waals surface area contributed by atoms with Crippen LogP contribution in [0.15, 0.2) is 65.1 Å². The molecule has 0 fully saturated rings. The number of hydrogen-bond donors (Lipinski definition) is 0. The maximum absolute atomic E-state index is 14.2. The highest BCUT2D eigenvalue weighted by atomic mass is 32.2. The standard InChI is InChI=1S/C21H18FN2O2S/c1-13-14(2)27-20-18(13)19(25)24(16-9-4-3-5-10-16)21(26)23(20)12-15-8-6-7-11-17(15)22/h3-11,18H,12H2,1-2H3/q+1. The van der Waals surface area contributed by atoms with Crippen molar-refractivity contribution in [2.24, 2.45) is 5.92 Å². The number of allylic oxidation sites excluding steroid dienone is 1. The van der Waals surface area contributed by atoms with E-state index in [1.54, 1.807) is 42.5 Å². The maximum atomic E-state index is 14.2. The van der Waals surface area contributed by atoms with E-state index in [9.17, 15) is 14.0 Å². The zero-order valence-corrected chi connectivity index (χ0v) is 15.8. The Kier molecular flexibility index (Phi) is 4.44. The lowest BCUT2D eigenvalue weighted by Gasteiger charge is -2.25. The van der Waals surface area contributed by atoms with Crippen molar-refractivity contribution >= 4 is 34.4 Å². The van der Waals surface area contributed by atoms with Gasteiger partial charge in [-0.25, -0.2) is 9.18 Å². The molecule has 2 aliphatic heterocycles. The van der Waals surface area contributed by atoms with E-state index >= 15 is 0 Å². The Labute approximate surface area is 161 Å². The number of imide groups is 1. The van der Waals surface area contributed by atoms with Crippen LogP contribution in [0.1, 0.15) is 19.4 Å². The topological polar surface area (TPSA) is 40.4 Å². The van der Waals surface area contributed by atoms with E-state index in [1.165, 1.54) is 27.3 Å². The fourth-order valence-corrected chi connectivity index (χ4v) is 4.62. The van der Waals surface area contributed by atoms with Crippen molar-refractivity contribution in [3.63, 3.8) is 0 Å². The monoisotopic (exact) mass is 381 g/mol. The Morgan fingerprint density at radius 3 is 2.41 bits per heavy atom. The summed E-state index contributed by atoms with van der Waals surface area (Å²) in [5, 5.41) is 0.662.